The van der Waals surface area contributed by atoms with E-state index in [-0.39, 0.29) is 0 Å². The van der Waals surface area contributed by atoms with Crippen LogP contribution in [-0.2, 0) is 4.74 Å². The maximum absolute atomic E-state index is 11.7. The molecule has 1 aliphatic rings. The van der Waals surface area contributed by atoms with E-state index in [2.05, 4.69) is 10.1 Å². The van der Waals surface area contributed by atoms with E-state index in [9.17, 15) is 18.0 Å². The van der Waals surface area contributed by atoms with Gasteiger partial charge in [-0.25, -0.2) is 4.79 Å². The molecule has 1 saturated carbocycles. The van der Waals surface area contributed by atoms with E-state index in [4.69, 9.17) is 0 Å². The van der Waals surface area contributed by atoms with E-state index >= 15 is 0 Å². The average Bonchev–Trinajstić information content (AvgIpc) is 2.80. The Bertz CT molecular complexity index is 246. The van der Waals surface area contributed by atoms with Gasteiger partial charge in [-0.15, -0.1) is 0 Å². The zero-order valence-electron chi connectivity index (χ0n) is 8.65. The predicted molar refractivity (Wildman–Crippen MR) is 47.3 cm³/mol. The lowest BCUT2D eigenvalue weighted by molar-refractivity contribution is -0.160. The van der Waals surface area contributed by atoms with E-state index in [1.54, 1.807) is 13.8 Å². The van der Waals surface area contributed by atoms with Gasteiger partial charge in [-0.3, -0.25) is 0 Å². The largest absolute Gasteiger partial charge is 0.440 e. The summed E-state index contributed by atoms with van der Waals surface area (Å²) in [5.74, 6) is 0.343. The minimum absolute atomic E-state index is 0.343. The quantitative estimate of drug-likeness (QED) is 0.801. The molecule has 0 unspecified atom stereocenters. The molecule has 6 heteroatoms. The van der Waals surface area contributed by atoms with Crippen LogP contribution in [0.2, 0.25) is 0 Å². The van der Waals surface area contributed by atoms with Gasteiger partial charge in [-0.1, -0.05) is 0 Å². The fourth-order valence-electron chi connectivity index (χ4n) is 1.35. The highest BCUT2D eigenvalue weighted by atomic mass is 19.4. The third-order valence-electron chi connectivity index (χ3n) is 2.39. The molecule has 0 atom stereocenters. The number of ether oxygens (including phenoxy) is 1. The van der Waals surface area contributed by atoms with Crippen molar-refractivity contribution in [1.29, 1.82) is 0 Å². The monoisotopic (exact) mass is 225 g/mol. The SMILES string of the molecule is CC(C)(NC(=O)OCC(F)(F)F)C1CC1. The molecular weight excluding hydrogens is 211 g/mol. The van der Waals surface area contributed by atoms with Gasteiger partial charge in [0.1, 0.15) is 0 Å². The molecule has 0 heterocycles. The maximum atomic E-state index is 11.7. The molecule has 0 bridgehead atoms. The zero-order chi connectivity index (χ0) is 11.7. The second-order valence-corrected chi connectivity index (χ2v) is 4.31. The van der Waals surface area contributed by atoms with Gasteiger partial charge >= 0.3 is 12.3 Å². The Balaban J connectivity index is 2.29. The fourth-order valence-corrected chi connectivity index (χ4v) is 1.35. The summed E-state index contributed by atoms with van der Waals surface area (Å²) in [6.07, 6.45) is -3.50. The summed E-state index contributed by atoms with van der Waals surface area (Å²) in [7, 11) is 0. The van der Waals surface area contributed by atoms with Gasteiger partial charge in [0, 0.05) is 5.54 Å². The number of hydrogen-bond acceptors (Lipinski definition) is 2. The predicted octanol–water partition coefficient (Wildman–Crippen LogP) is 2.46. The lowest BCUT2D eigenvalue weighted by Crippen LogP contribution is -2.46. The van der Waals surface area contributed by atoms with Gasteiger partial charge < -0.3 is 10.1 Å². The highest BCUT2D eigenvalue weighted by molar-refractivity contribution is 5.68. The first-order valence-electron chi connectivity index (χ1n) is 4.72. The van der Waals surface area contributed by atoms with Crippen molar-refractivity contribution in [1.82, 2.24) is 5.32 Å². The van der Waals surface area contributed by atoms with Crippen LogP contribution < -0.4 is 5.32 Å². The van der Waals surface area contributed by atoms with Gasteiger partial charge in [0.15, 0.2) is 6.61 Å². The van der Waals surface area contributed by atoms with E-state index < -0.39 is 24.4 Å². The molecule has 3 nitrogen and oxygen atoms in total. The molecule has 1 rings (SSSR count). The van der Waals surface area contributed by atoms with Crippen LogP contribution in [0.1, 0.15) is 26.7 Å². The molecule has 0 aromatic heterocycles. The van der Waals surface area contributed by atoms with Crippen LogP contribution in [-0.4, -0.2) is 24.4 Å². The first-order valence-corrected chi connectivity index (χ1v) is 4.72. The summed E-state index contributed by atoms with van der Waals surface area (Å²) < 4.78 is 39.2. The van der Waals surface area contributed by atoms with Crippen LogP contribution >= 0.6 is 0 Å². The van der Waals surface area contributed by atoms with Crippen molar-refractivity contribution in [3.05, 3.63) is 0 Å². The number of alkyl halides is 3. The summed E-state index contributed by atoms with van der Waals surface area (Å²) in [5, 5.41) is 2.43. The first-order chi connectivity index (χ1) is 6.71. The molecule has 0 saturated heterocycles. The molecule has 1 aliphatic carbocycles. The van der Waals surface area contributed by atoms with Gasteiger partial charge in [-0.2, -0.15) is 13.2 Å². The highest BCUT2D eigenvalue weighted by Crippen LogP contribution is 2.39. The van der Waals surface area contributed by atoms with Crippen molar-refractivity contribution in [3.63, 3.8) is 0 Å². The van der Waals surface area contributed by atoms with Gasteiger partial charge in [-0.05, 0) is 32.6 Å². The lowest BCUT2D eigenvalue weighted by atomic mass is 9.99. The van der Waals surface area contributed by atoms with E-state index in [1.807, 2.05) is 0 Å². The highest BCUT2D eigenvalue weighted by Gasteiger charge is 2.39. The Morgan fingerprint density at radius 3 is 2.33 bits per heavy atom. The summed E-state index contributed by atoms with van der Waals surface area (Å²) in [6.45, 7) is 2.01. The normalized spacial score (nSPS) is 17.4. The summed E-state index contributed by atoms with van der Waals surface area (Å²) >= 11 is 0. The average molecular weight is 225 g/mol. The topological polar surface area (TPSA) is 38.3 Å². The molecule has 15 heavy (non-hydrogen) atoms. The molecule has 1 amide bonds. The second-order valence-electron chi connectivity index (χ2n) is 4.31. The van der Waals surface area contributed by atoms with Crippen molar-refractivity contribution in [2.45, 2.75) is 38.4 Å². The summed E-state index contributed by atoms with van der Waals surface area (Å²) in [5.41, 5.74) is -0.483. The number of carbonyl (C=O) groups excluding carboxylic acids is 1. The second kappa shape index (κ2) is 3.90. The van der Waals surface area contributed by atoms with Crippen molar-refractivity contribution in [3.8, 4) is 0 Å². The van der Waals surface area contributed by atoms with Crippen LogP contribution in [0.4, 0.5) is 18.0 Å². The minimum atomic E-state index is -4.47. The zero-order valence-corrected chi connectivity index (χ0v) is 8.65. The van der Waals surface area contributed by atoms with Crippen molar-refractivity contribution in [2.24, 2.45) is 5.92 Å². The Morgan fingerprint density at radius 1 is 1.40 bits per heavy atom. The molecule has 0 radical (unpaired) electrons. The number of alkyl carbamates (subject to hydrolysis) is 1. The number of rotatable bonds is 3. The van der Waals surface area contributed by atoms with Gasteiger partial charge in [0.05, 0.1) is 0 Å². The third-order valence-corrected chi connectivity index (χ3v) is 2.39. The summed E-state index contributed by atoms with van der Waals surface area (Å²) in [4.78, 5) is 11.0. The maximum Gasteiger partial charge on any atom is 0.422 e. The van der Waals surface area contributed by atoms with Gasteiger partial charge in [0.2, 0.25) is 0 Å². The Labute approximate surface area is 86.0 Å². The van der Waals surface area contributed by atoms with E-state index in [0.717, 1.165) is 12.8 Å². The van der Waals surface area contributed by atoms with Gasteiger partial charge in [0.25, 0.3) is 0 Å². The summed E-state index contributed by atoms with van der Waals surface area (Å²) in [6, 6.07) is 0. The van der Waals surface area contributed by atoms with Crippen molar-refractivity contribution in [2.75, 3.05) is 6.61 Å². The van der Waals surface area contributed by atoms with Crippen LogP contribution in [0.3, 0.4) is 0 Å². The number of nitrogens with one attached hydrogen (secondary N) is 1. The lowest BCUT2D eigenvalue weighted by Gasteiger charge is -2.25. The molecule has 0 aromatic rings. The number of amides is 1. The standard InChI is InChI=1S/C9H14F3NO2/c1-8(2,6-3-4-6)13-7(14)15-5-9(10,11)12/h6H,3-5H2,1-2H3,(H,13,14). The van der Waals surface area contributed by atoms with Crippen LogP contribution in [0.15, 0.2) is 0 Å². The molecule has 88 valence electrons. The van der Waals surface area contributed by atoms with Crippen LogP contribution in [0, 0.1) is 5.92 Å². The van der Waals surface area contributed by atoms with Crippen LogP contribution in [0.5, 0.6) is 0 Å². The molecule has 0 spiro atoms. The fraction of sp³-hybridized carbons (Fsp3) is 0.889. The van der Waals surface area contributed by atoms with E-state index in [1.165, 1.54) is 0 Å². The smallest absolute Gasteiger partial charge is 0.422 e. The third kappa shape index (κ3) is 4.40. The van der Waals surface area contributed by atoms with Crippen molar-refractivity contribution >= 4 is 6.09 Å². The van der Waals surface area contributed by atoms with Crippen molar-refractivity contribution < 1.29 is 22.7 Å². The molecule has 0 aromatic carbocycles. The molecule has 0 aliphatic heterocycles. The minimum Gasteiger partial charge on any atom is -0.440 e. The number of halogens is 3. The molecule has 1 fully saturated rings. The Morgan fingerprint density at radius 2 is 1.93 bits per heavy atom. The first kappa shape index (κ1) is 12.1. The number of hydrogen-bond donors (Lipinski definition) is 1. The molecule has 1 N–H and O–H groups in total. The number of carbonyl (C=O) groups is 1. The Kier molecular flexibility index (Phi) is 3.16. The Hall–Kier alpha value is -0.940. The van der Waals surface area contributed by atoms with Crippen LogP contribution in [0.25, 0.3) is 0 Å². The van der Waals surface area contributed by atoms with E-state index in [0.29, 0.717) is 5.92 Å². The molecular formula is C9H14F3NO2.